The maximum absolute atomic E-state index is 13.1. The molecule has 2 aromatic heterocycles. The summed E-state index contributed by atoms with van der Waals surface area (Å²) in [7, 11) is 0. The van der Waals surface area contributed by atoms with Gasteiger partial charge in [-0.3, -0.25) is 9.59 Å². The van der Waals surface area contributed by atoms with Crippen LogP contribution in [0.25, 0.3) is 10.6 Å². The normalized spacial score (nSPS) is 13.4. The monoisotopic (exact) mass is 445 g/mol. The molecule has 0 saturated carbocycles. The number of aromatic hydroxyl groups is 1. The quantitative estimate of drug-likeness (QED) is 0.624. The first-order chi connectivity index (χ1) is 14.5. The largest absolute Gasteiger partial charge is 0.503 e. The molecule has 156 valence electrons. The molecule has 0 fully saturated rings. The van der Waals surface area contributed by atoms with E-state index in [-0.39, 0.29) is 12.2 Å². The molecule has 1 aromatic carbocycles. The fourth-order valence-corrected chi connectivity index (χ4v) is 4.21. The molecule has 1 amide bonds. The third-order valence-electron chi connectivity index (χ3n) is 4.87. The molecule has 0 spiro atoms. The van der Waals surface area contributed by atoms with E-state index < -0.39 is 17.1 Å². The molecule has 30 heavy (non-hydrogen) atoms. The highest BCUT2D eigenvalue weighted by Crippen LogP contribution is 2.29. The minimum absolute atomic E-state index is 0.00320. The van der Waals surface area contributed by atoms with Crippen LogP contribution in [0.5, 0.6) is 11.5 Å². The van der Waals surface area contributed by atoms with Crippen LogP contribution in [0.4, 0.5) is 0 Å². The number of nitrogens with zero attached hydrogens (tertiary/aromatic N) is 3. The maximum Gasteiger partial charge on any atom is 0.274 e. The van der Waals surface area contributed by atoms with Crippen LogP contribution in [0.3, 0.4) is 0 Å². The molecule has 4 rings (SSSR count). The Hall–Kier alpha value is -2.84. The van der Waals surface area contributed by atoms with Gasteiger partial charge in [0.25, 0.3) is 5.91 Å². The van der Waals surface area contributed by atoms with Gasteiger partial charge < -0.3 is 19.3 Å². The van der Waals surface area contributed by atoms with Gasteiger partial charge in [0.2, 0.25) is 5.43 Å². The zero-order valence-electron chi connectivity index (χ0n) is 16.3. The van der Waals surface area contributed by atoms with Crippen molar-refractivity contribution in [2.75, 3.05) is 13.2 Å². The molecule has 1 aliphatic heterocycles. The Labute approximate surface area is 182 Å². The summed E-state index contributed by atoms with van der Waals surface area (Å²) in [5.41, 5.74) is 0.512. The lowest BCUT2D eigenvalue weighted by molar-refractivity contribution is 0.0682. The molecule has 9 heteroatoms. The number of thiazole rings is 1. The summed E-state index contributed by atoms with van der Waals surface area (Å²) in [6, 6.07) is 5.31. The van der Waals surface area contributed by atoms with Crippen molar-refractivity contribution in [3.05, 3.63) is 62.5 Å². The lowest BCUT2D eigenvalue weighted by Gasteiger charge is -2.31. The Morgan fingerprint density at radius 1 is 1.30 bits per heavy atom. The van der Waals surface area contributed by atoms with Crippen molar-refractivity contribution >= 4 is 28.8 Å². The second kappa shape index (κ2) is 8.49. The number of fused-ring (bicyclic) bond motifs is 1. The van der Waals surface area contributed by atoms with Gasteiger partial charge in [0.1, 0.15) is 10.8 Å². The molecule has 3 aromatic rings. The third-order valence-corrected chi connectivity index (χ3v) is 5.91. The topological polar surface area (TPSA) is 84.7 Å². The number of pyridine rings is 1. The molecule has 0 unspecified atom stereocenters. The van der Waals surface area contributed by atoms with Crippen LogP contribution in [0.1, 0.15) is 29.4 Å². The predicted molar refractivity (Wildman–Crippen MR) is 115 cm³/mol. The van der Waals surface area contributed by atoms with Gasteiger partial charge in [-0.25, -0.2) is 4.98 Å². The Morgan fingerprint density at radius 2 is 2.13 bits per heavy atom. The molecule has 0 saturated heterocycles. The number of halogens is 1. The molecule has 0 atom stereocenters. The Morgan fingerprint density at radius 3 is 2.87 bits per heavy atom. The van der Waals surface area contributed by atoms with Crippen LogP contribution in [0, 0.1) is 0 Å². The van der Waals surface area contributed by atoms with Crippen LogP contribution >= 0.6 is 22.9 Å². The lowest BCUT2D eigenvalue weighted by atomic mass is 10.1. The molecular formula is C21H20ClN3O4S. The molecule has 0 radical (unpaired) electrons. The van der Waals surface area contributed by atoms with E-state index >= 15 is 0 Å². The van der Waals surface area contributed by atoms with Gasteiger partial charge >= 0.3 is 0 Å². The third kappa shape index (κ3) is 3.80. The fraction of sp³-hybridized carbons (Fsp3) is 0.286. The number of hydrogen-bond donors (Lipinski definition) is 1. The highest BCUT2D eigenvalue weighted by atomic mass is 35.5. The number of carbonyl (C=O) groups is 1. The highest BCUT2D eigenvalue weighted by Gasteiger charge is 2.30. The van der Waals surface area contributed by atoms with Crippen molar-refractivity contribution in [3.63, 3.8) is 0 Å². The zero-order chi connectivity index (χ0) is 21.3. The van der Waals surface area contributed by atoms with E-state index in [0.29, 0.717) is 41.0 Å². The second-order valence-electron chi connectivity index (χ2n) is 6.93. The van der Waals surface area contributed by atoms with Crippen LogP contribution in [0.2, 0.25) is 5.02 Å². The summed E-state index contributed by atoms with van der Waals surface area (Å²) in [6.07, 6.45) is 4.04. The Bertz CT molecular complexity index is 1140. The van der Waals surface area contributed by atoms with Gasteiger partial charge in [-0.2, -0.15) is 0 Å². The van der Waals surface area contributed by atoms with Gasteiger partial charge in [-0.15, -0.1) is 11.3 Å². The van der Waals surface area contributed by atoms with E-state index in [4.69, 9.17) is 16.3 Å². The smallest absolute Gasteiger partial charge is 0.274 e. The average molecular weight is 446 g/mol. The van der Waals surface area contributed by atoms with Crippen LogP contribution in [0.15, 0.2) is 40.8 Å². The molecule has 0 aliphatic carbocycles. The molecule has 7 nitrogen and oxygen atoms in total. The van der Waals surface area contributed by atoms with E-state index in [9.17, 15) is 14.7 Å². The van der Waals surface area contributed by atoms with E-state index in [1.165, 1.54) is 11.3 Å². The number of hydrogen-bond acceptors (Lipinski definition) is 6. The van der Waals surface area contributed by atoms with Crippen molar-refractivity contribution in [1.82, 2.24) is 14.5 Å². The standard InChI is InChI=1S/C21H20ClN3O4S/c1-2-8-29-16-10-14(22)4-3-13(16)11-25-7-6-24-12-15(20-23-5-9-30-20)18(26)19(27)17(24)21(25)28/h3-5,9-10,12,27H,2,6-8,11H2,1H3. The number of benzene rings is 1. The first-order valence-electron chi connectivity index (χ1n) is 9.56. The summed E-state index contributed by atoms with van der Waals surface area (Å²) in [4.78, 5) is 31.5. The number of rotatable bonds is 6. The molecule has 1 aliphatic rings. The Kier molecular flexibility index (Phi) is 5.78. The van der Waals surface area contributed by atoms with Crippen molar-refractivity contribution < 1.29 is 14.6 Å². The Balaban J connectivity index is 1.65. The van der Waals surface area contributed by atoms with Crippen LogP contribution in [-0.4, -0.2) is 38.6 Å². The number of amides is 1. The average Bonchev–Trinajstić information content (AvgIpc) is 3.27. The summed E-state index contributed by atoms with van der Waals surface area (Å²) in [6.45, 7) is 3.72. The molecule has 3 heterocycles. The van der Waals surface area contributed by atoms with Crippen molar-refractivity contribution in [2.45, 2.75) is 26.4 Å². The van der Waals surface area contributed by atoms with E-state index in [2.05, 4.69) is 4.98 Å². The maximum atomic E-state index is 13.1. The van der Waals surface area contributed by atoms with Gasteiger partial charge in [0.15, 0.2) is 11.4 Å². The van der Waals surface area contributed by atoms with Crippen molar-refractivity contribution in [2.24, 2.45) is 0 Å². The van der Waals surface area contributed by atoms with Gasteiger partial charge in [0.05, 0.1) is 12.2 Å². The minimum atomic E-state index is -0.593. The molecule has 0 bridgehead atoms. The zero-order valence-corrected chi connectivity index (χ0v) is 17.9. The van der Waals surface area contributed by atoms with Gasteiger partial charge in [-0.05, 0) is 18.6 Å². The van der Waals surface area contributed by atoms with Crippen LogP contribution < -0.4 is 10.2 Å². The van der Waals surface area contributed by atoms with E-state index in [1.54, 1.807) is 39.4 Å². The fourth-order valence-electron chi connectivity index (χ4n) is 3.40. The van der Waals surface area contributed by atoms with Crippen molar-refractivity contribution in [3.8, 4) is 22.1 Å². The molecular weight excluding hydrogens is 426 g/mol. The number of carbonyl (C=O) groups excluding carboxylic acids is 1. The number of ether oxygens (including phenoxy) is 1. The van der Waals surface area contributed by atoms with E-state index in [1.807, 2.05) is 13.0 Å². The summed E-state index contributed by atoms with van der Waals surface area (Å²) in [5, 5.41) is 13.4. The summed E-state index contributed by atoms with van der Waals surface area (Å²) < 4.78 is 7.41. The van der Waals surface area contributed by atoms with E-state index in [0.717, 1.165) is 12.0 Å². The van der Waals surface area contributed by atoms with Gasteiger partial charge in [-0.1, -0.05) is 24.6 Å². The van der Waals surface area contributed by atoms with Crippen molar-refractivity contribution in [1.29, 1.82) is 0 Å². The van der Waals surface area contributed by atoms with Gasteiger partial charge in [0, 0.05) is 48.0 Å². The predicted octanol–water partition coefficient (Wildman–Crippen LogP) is 3.78. The summed E-state index contributed by atoms with van der Waals surface area (Å²) >= 11 is 7.40. The lowest BCUT2D eigenvalue weighted by Crippen LogP contribution is -2.41. The SMILES string of the molecule is CCCOc1cc(Cl)ccc1CN1CCn2cc(-c3nccs3)c(=O)c(O)c2C1=O. The first-order valence-corrected chi connectivity index (χ1v) is 10.8. The van der Waals surface area contributed by atoms with Crippen LogP contribution in [-0.2, 0) is 13.1 Å². The number of aromatic nitrogens is 2. The minimum Gasteiger partial charge on any atom is -0.503 e. The highest BCUT2D eigenvalue weighted by molar-refractivity contribution is 7.13. The summed E-state index contributed by atoms with van der Waals surface area (Å²) in [5.74, 6) is -0.322. The molecule has 1 N–H and O–H groups in total. The first kappa shape index (κ1) is 20.4. The second-order valence-corrected chi connectivity index (χ2v) is 8.26.